The molecule has 0 radical (unpaired) electrons. The molecule has 0 bridgehead atoms. The molecule has 0 spiro atoms. The zero-order chi connectivity index (χ0) is 63.8. The first-order chi connectivity index (χ1) is 41.7. The van der Waals surface area contributed by atoms with Crippen LogP contribution in [0.3, 0.4) is 0 Å². The number of nitrogens with one attached hydrogen (secondary N) is 3. The van der Waals surface area contributed by atoms with E-state index in [9.17, 15) is 33.9 Å². The lowest BCUT2D eigenvalue weighted by molar-refractivity contribution is -0.256. The van der Waals surface area contributed by atoms with Crippen LogP contribution in [0, 0.1) is 23.7 Å². The fourth-order valence-electron chi connectivity index (χ4n) is 10.5. The topological polar surface area (TPSA) is 316 Å². The lowest BCUT2D eigenvalue weighted by Crippen LogP contribution is -2.62. The van der Waals surface area contributed by atoms with Gasteiger partial charge in [0.05, 0.1) is 129 Å². The van der Waals surface area contributed by atoms with Crippen LogP contribution in [0.4, 0.5) is 0 Å². The zero-order valence-corrected chi connectivity index (χ0v) is 53.0. The number of aromatic carboxylic acids is 1. The number of carbonyl (C=O) groups excluding carboxylic acids is 5. The molecule has 0 aromatic heterocycles. The van der Waals surface area contributed by atoms with Crippen LogP contribution in [-0.4, -0.2) is 227 Å². The second-order valence-electron chi connectivity index (χ2n) is 21.6. The number of hydrogen-bond donors (Lipinski definition) is 4. The number of hydrogen-bond acceptors (Lipinski definition) is 23. The normalized spacial score (nSPS) is 27.1. The van der Waals surface area contributed by atoms with Crippen LogP contribution in [0.15, 0.2) is 12.1 Å². The molecule has 87 heavy (non-hydrogen) atoms. The average Bonchev–Trinajstić information content (AvgIpc) is 1.43. The van der Waals surface area contributed by atoms with E-state index in [1.807, 2.05) is 27.7 Å². The van der Waals surface area contributed by atoms with Crippen LogP contribution in [-0.2, 0) is 90.3 Å². The smallest absolute Gasteiger partial charge is 0.335 e. The SMILES string of the molecule is CC[C@H]1O[C@@H](OCCOCCOCCOc2cc(C(=O)O)cc(OCCOCCOCCOC3O[C@H](CC)[C@H](C)[C@H](OC(C)=O)[C@H]3NC(C)=O)c2OCCOCCOCCO[C@@H]2O[C@H](CC)[C@H](C)[C@H](OC(C)=O)[C@H]2NC(C)=O)[C@H](NC(C)=O)[C@@H](C)[C@H]1C. The van der Waals surface area contributed by atoms with Gasteiger partial charge in [-0.1, -0.05) is 48.5 Å². The molecule has 4 rings (SSSR count). The van der Waals surface area contributed by atoms with Gasteiger partial charge in [0.25, 0.3) is 0 Å². The van der Waals surface area contributed by atoms with Crippen LogP contribution < -0.4 is 30.2 Å². The van der Waals surface area contributed by atoms with Gasteiger partial charge in [0.1, 0.15) is 44.1 Å². The minimum atomic E-state index is -1.23. The molecule has 1 unspecified atom stereocenters. The zero-order valence-electron chi connectivity index (χ0n) is 53.0. The predicted molar refractivity (Wildman–Crippen MR) is 310 cm³/mol. The Balaban J connectivity index is 1.27. The number of esters is 2. The molecule has 0 saturated carbocycles. The molecule has 27 nitrogen and oxygen atoms in total. The molecule has 1 aromatic carbocycles. The van der Waals surface area contributed by atoms with Crippen molar-refractivity contribution >= 4 is 35.6 Å². The Bertz CT molecular complexity index is 2210. The van der Waals surface area contributed by atoms with Crippen molar-refractivity contribution < 1.29 is 114 Å². The predicted octanol–water partition coefficient (Wildman–Crippen LogP) is 4.00. The Hall–Kier alpha value is -5.04. The summed E-state index contributed by atoms with van der Waals surface area (Å²) in [6.45, 7) is 23.4. The molecule has 0 aliphatic carbocycles. The number of ether oxygens (including phenoxy) is 17. The van der Waals surface area contributed by atoms with Gasteiger partial charge in [0, 0.05) is 46.5 Å². The summed E-state index contributed by atoms with van der Waals surface area (Å²) in [6.07, 6.45) is -2.09. The maximum atomic E-state index is 12.4. The van der Waals surface area contributed by atoms with Gasteiger partial charge in [-0.2, -0.15) is 0 Å². The summed E-state index contributed by atoms with van der Waals surface area (Å²) in [5, 5.41) is 18.7. The lowest BCUT2D eigenvalue weighted by Gasteiger charge is -2.44. The van der Waals surface area contributed by atoms with Crippen molar-refractivity contribution in [3.63, 3.8) is 0 Å². The van der Waals surface area contributed by atoms with Crippen molar-refractivity contribution in [3.05, 3.63) is 17.7 Å². The van der Waals surface area contributed by atoms with E-state index in [-0.39, 0.29) is 207 Å². The van der Waals surface area contributed by atoms with Gasteiger partial charge in [-0.05, 0) is 43.2 Å². The Morgan fingerprint density at radius 2 is 0.713 bits per heavy atom. The van der Waals surface area contributed by atoms with Crippen LogP contribution in [0.2, 0.25) is 0 Å². The Kier molecular flexibility index (Phi) is 34.7. The number of carboxylic acids is 1. The standard InChI is InChI=1S/C60H99N3O24/c1-13-46-36(4)37(5)51(61-40(8)64)58(85-46)80-31-25-74-19-16-71-22-28-77-49-34-45(57(69)70)35-50(78-29-23-72-17-20-75-26-32-81-59-52(62-41(9)65)54(83-43(11)67)38(6)47(14-2)86-59)56(49)79-30-24-73-18-21-76-27-33-82-60-53(63-42(10)66)55(84-44(12)68)39(7)48(15-3)87-60/h34-39,46-48,51-55,58-60H,13-33H2,1-12H3,(H,61,64)(H,62,65)(H,63,66)(H,69,70)/t36-,37+,38+,39+,46-,47-,48-,51-,52-,53-,54+,55+,58-,59?,60-/m1/s1. The van der Waals surface area contributed by atoms with Gasteiger partial charge in [-0.3, -0.25) is 24.0 Å². The molecule has 3 amide bonds. The van der Waals surface area contributed by atoms with E-state index >= 15 is 0 Å². The summed E-state index contributed by atoms with van der Waals surface area (Å²) in [6, 6.07) is 0.915. The van der Waals surface area contributed by atoms with Gasteiger partial charge in [0.15, 0.2) is 30.4 Å². The summed E-state index contributed by atoms with van der Waals surface area (Å²) in [5.74, 6) is -2.68. The van der Waals surface area contributed by atoms with Crippen molar-refractivity contribution in [3.8, 4) is 17.2 Å². The van der Waals surface area contributed by atoms with E-state index in [0.29, 0.717) is 12.8 Å². The van der Waals surface area contributed by atoms with E-state index in [2.05, 4.69) is 36.7 Å². The average molecular weight is 1250 g/mol. The maximum Gasteiger partial charge on any atom is 0.335 e. The third-order valence-corrected chi connectivity index (χ3v) is 15.0. The van der Waals surface area contributed by atoms with E-state index in [1.165, 1.54) is 46.8 Å². The van der Waals surface area contributed by atoms with Crippen molar-refractivity contribution in [1.82, 2.24) is 16.0 Å². The van der Waals surface area contributed by atoms with E-state index in [4.69, 9.17) is 80.5 Å². The largest absolute Gasteiger partial charge is 0.487 e. The quantitative estimate of drug-likeness (QED) is 0.0531. The molecule has 15 atom stereocenters. The summed E-state index contributed by atoms with van der Waals surface area (Å²) in [4.78, 5) is 72.5. The summed E-state index contributed by atoms with van der Waals surface area (Å²) in [7, 11) is 0. The van der Waals surface area contributed by atoms with Gasteiger partial charge in [-0.25, -0.2) is 4.79 Å². The van der Waals surface area contributed by atoms with Gasteiger partial charge in [0.2, 0.25) is 23.5 Å². The minimum Gasteiger partial charge on any atom is -0.487 e. The van der Waals surface area contributed by atoms with Gasteiger partial charge in [-0.15, -0.1) is 0 Å². The molecular formula is C60H99N3O24. The first-order valence-electron chi connectivity index (χ1n) is 30.4. The molecule has 3 aliphatic heterocycles. The number of carbonyl (C=O) groups is 6. The highest BCUT2D eigenvalue weighted by Gasteiger charge is 2.48. The highest BCUT2D eigenvalue weighted by molar-refractivity contribution is 5.89. The lowest BCUT2D eigenvalue weighted by atomic mass is 9.81. The third kappa shape index (κ3) is 25.8. The van der Waals surface area contributed by atoms with Crippen molar-refractivity contribution in [2.45, 2.75) is 170 Å². The summed E-state index contributed by atoms with van der Waals surface area (Å²) < 4.78 is 101. The van der Waals surface area contributed by atoms with Crippen molar-refractivity contribution in [2.24, 2.45) is 23.7 Å². The number of carboxylic acid groups (broad SMARTS) is 1. The van der Waals surface area contributed by atoms with Crippen LogP contribution in [0.5, 0.6) is 17.2 Å². The highest BCUT2D eigenvalue weighted by atomic mass is 16.7. The molecule has 3 fully saturated rings. The molecular weight excluding hydrogens is 1150 g/mol. The Morgan fingerprint density at radius 3 is 1.03 bits per heavy atom. The number of rotatable bonds is 42. The van der Waals surface area contributed by atoms with Crippen molar-refractivity contribution in [2.75, 3.05) is 119 Å². The minimum absolute atomic E-state index is 0.00534. The molecule has 3 aliphatic rings. The number of amides is 3. The monoisotopic (exact) mass is 1250 g/mol. The summed E-state index contributed by atoms with van der Waals surface area (Å²) >= 11 is 0. The molecule has 27 heteroatoms. The fraction of sp³-hybridized carbons (Fsp3) is 0.800. The Labute approximate surface area is 511 Å². The molecule has 498 valence electrons. The molecule has 4 N–H and O–H groups in total. The molecule has 3 saturated heterocycles. The third-order valence-electron chi connectivity index (χ3n) is 15.0. The van der Waals surface area contributed by atoms with Crippen LogP contribution in [0.1, 0.15) is 113 Å². The fourth-order valence-corrected chi connectivity index (χ4v) is 10.5. The van der Waals surface area contributed by atoms with E-state index in [1.54, 1.807) is 0 Å². The Morgan fingerprint density at radius 1 is 0.414 bits per heavy atom. The first kappa shape index (κ1) is 74.4. The highest BCUT2D eigenvalue weighted by Crippen LogP contribution is 2.40. The van der Waals surface area contributed by atoms with E-state index in [0.717, 1.165) is 6.42 Å². The maximum absolute atomic E-state index is 12.4. The molecule has 3 heterocycles. The van der Waals surface area contributed by atoms with E-state index < -0.39 is 61.1 Å². The number of benzene rings is 1. The van der Waals surface area contributed by atoms with Gasteiger partial charge < -0.3 is 102 Å². The molecule has 1 aromatic rings. The van der Waals surface area contributed by atoms with Crippen molar-refractivity contribution in [1.29, 1.82) is 0 Å². The van der Waals surface area contributed by atoms with Crippen LogP contribution in [0.25, 0.3) is 0 Å². The van der Waals surface area contributed by atoms with Crippen LogP contribution >= 0.6 is 0 Å². The van der Waals surface area contributed by atoms with Gasteiger partial charge >= 0.3 is 17.9 Å². The second kappa shape index (κ2) is 40.6. The first-order valence-corrected chi connectivity index (χ1v) is 30.4. The summed E-state index contributed by atoms with van der Waals surface area (Å²) in [5.41, 5.74) is -0.123. The second-order valence-corrected chi connectivity index (χ2v) is 21.6.